The number of hydrogen-bond acceptors (Lipinski definition) is 3. The van der Waals surface area contributed by atoms with Gasteiger partial charge in [-0.05, 0) is 41.7 Å². The van der Waals surface area contributed by atoms with Crippen molar-refractivity contribution in [1.82, 2.24) is 5.32 Å². The first-order valence-corrected chi connectivity index (χ1v) is 15.2. The Morgan fingerprint density at radius 2 is 1.25 bits per heavy atom. The lowest BCUT2D eigenvalue weighted by atomic mass is 10.1. The fourth-order valence-electron chi connectivity index (χ4n) is 4.50. The van der Waals surface area contributed by atoms with Crippen LogP contribution < -0.4 is 15.7 Å². The summed E-state index contributed by atoms with van der Waals surface area (Å²) in [4.78, 5) is 12.7. The van der Waals surface area contributed by atoms with Crippen LogP contribution in [0.2, 0.25) is 5.04 Å². The molecule has 3 aromatic carbocycles. The molecule has 0 aliphatic rings. The van der Waals surface area contributed by atoms with Crippen LogP contribution in [0.25, 0.3) is 0 Å². The number of rotatable bonds is 8. The van der Waals surface area contributed by atoms with Gasteiger partial charge < -0.3 is 14.5 Å². The first-order chi connectivity index (χ1) is 16.9. The van der Waals surface area contributed by atoms with Crippen LogP contribution in [0.1, 0.15) is 51.9 Å². The van der Waals surface area contributed by atoms with Crippen molar-refractivity contribution in [2.24, 2.45) is 0 Å². The minimum absolute atomic E-state index is 0.163. The van der Waals surface area contributed by atoms with Crippen molar-refractivity contribution in [1.29, 1.82) is 0 Å². The van der Waals surface area contributed by atoms with Gasteiger partial charge in [-0.1, -0.05) is 128 Å². The minimum atomic E-state index is -2.77. The topological polar surface area (TPSA) is 47.6 Å². The molecule has 6 heteroatoms. The lowest BCUT2D eigenvalue weighted by Crippen LogP contribution is -2.67. The number of alkyl halides is 1. The van der Waals surface area contributed by atoms with Gasteiger partial charge in [-0.15, -0.1) is 0 Å². The number of carbonyl (C=O) groups excluding carboxylic acids is 1. The highest BCUT2D eigenvalue weighted by molar-refractivity contribution is 9.09. The average molecular weight is 569 g/mol. The highest BCUT2D eigenvalue weighted by Gasteiger charge is 2.50. The molecule has 192 valence electrons. The van der Waals surface area contributed by atoms with Crippen molar-refractivity contribution < 1.29 is 14.0 Å². The zero-order chi connectivity index (χ0) is 26.4. The second kappa shape index (κ2) is 11.8. The zero-order valence-corrected chi connectivity index (χ0v) is 24.7. The number of nitrogens with one attached hydrogen (secondary N) is 1. The monoisotopic (exact) mass is 567 g/mol. The lowest BCUT2D eigenvalue weighted by molar-refractivity contribution is 0.0485. The molecule has 4 nitrogen and oxygen atoms in total. The van der Waals surface area contributed by atoms with E-state index in [-0.39, 0.29) is 15.9 Å². The van der Waals surface area contributed by atoms with Gasteiger partial charge in [-0.3, -0.25) is 0 Å². The second-order valence-electron chi connectivity index (χ2n) is 11.0. The molecule has 0 spiro atoms. The van der Waals surface area contributed by atoms with Gasteiger partial charge in [0.25, 0.3) is 8.32 Å². The summed E-state index contributed by atoms with van der Waals surface area (Å²) in [7, 11) is -2.77. The Kier molecular flexibility index (Phi) is 9.20. The molecule has 2 atom stereocenters. The van der Waals surface area contributed by atoms with Gasteiger partial charge in [-0.25, -0.2) is 4.79 Å². The van der Waals surface area contributed by atoms with E-state index in [1.165, 1.54) is 10.4 Å². The number of benzene rings is 3. The first-order valence-electron chi connectivity index (χ1n) is 12.4. The van der Waals surface area contributed by atoms with Crippen molar-refractivity contribution in [2.45, 2.75) is 63.1 Å². The Bertz CT molecular complexity index is 1060. The fraction of sp³-hybridized carbons (Fsp3) is 0.367. The quantitative estimate of drug-likeness (QED) is 0.246. The van der Waals surface area contributed by atoms with Crippen LogP contribution in [0.4, 0.5) is 4.79 Å². The number of ether oxygens (including phenoxy) is 1. The molecular weight excluding hydrogens is 530 g/mol. The molecule has 0 aromatic heterocycles. The zero-order valence-electron chi connectivity index (χ0n) is 22.1. The number of halogens is 1. The summed E-state index contributed by atoms with van der Waals surface area (Å²) in [6.07, 6.45) is -0.459. The van der Waals surface area contributed by atoms with Gasteiger partial charge in [0.1, 0.15) is 5.60 Å². The van der Waals surface area contributed by atoms with Crippen molar-refractivity contribution >= 4 is 40.7 Å². The van der Waals surface area contributed by atoms with Crippen molar-refractivity contribution in [3.8, 4) is 0 Å². The summed E-state index contributed by atoms with van der Waals surface area (Å²) < 4.78 is 12.7. The van der Waals surface area contributed by atoms with Crippen LogP contribution in [-0.2, 0) is 9.16 Å². The molecule has 0 heterocycles. The largest absolute Gasteiger partial charge is 0.444 e. The molecule has 36 heavy (non-hydrogen) atoms. The predicted octanol–water partition coefficient (Wildman–Crippen LogP) is 6.59. The molecule has 0 aliphatic carbocycles. The number of alkyl carbamates (subject to hydrolysis) is 1. The van der Waals surface area contributed by atoms with E-state index in [1.807, 2.05) is 63.2 Å². The minimum Gasteiger partial charge on any atom is -0.444 e. The maximum absolute atomic E-state index is 12.9. The number of hydrogen-bond donors (Lipinski definition) is 1. The third-order valence-electron chi connectivity index (χ3n) is 6.07. The smallest absolute Gasteiger partial charge is 0.407 e. The average Bonchev–Trinajstić information content (AvgIpc) is 2.83. The molecular formula is C30H38BrNO3Si. The van der Waals surface area contributed by atoms with Crippen molar-refractivity contribution in [3.63, 3.8) is 0 Å². The first kappa shape index (κ1) is 28.2. The van der Waals surface area contributed by atoms with E-state index in [2.05, 4.69) is 90.5 Å². The normalized spacial score (nSPS) is 14.1. The summed E-state index contributed by atoms with van der Waals surface area (Å²) in [5.74, 6) is 0. The van der Waals surface area contributed by atoms with E-state index in [0.29, 0.717) is 6.61 Å². The molecule has 0 saturated heterocycles. The van der Waals surface area contributed by atoms with E-state index in [4.69, 9.17) is 9.16 Å². The number of carbonyl (C=O) groups is 1. The van der Waals surface area contributed by atoms with Crippen LogP contribution in [0.5, 0.6) is 0 Å². The molecule has 3 aromatic rings. The van der Waals surface area contributed by atoms with Crippen LogP contribution in [0.3, 0.4) is 0 Å². The maximum Gasteiger partial charge on any atom is 0.407 e. The van der Waals surface area contributed by atoms with E-state index in [0.717, 1.165) is 5.56 Å². The highest BCUT2D eigenvalue weighted by Crippen LogP contribution is 2.37. The number of amides is 1. The Labute approximate surface area is 225 Å². The van der Waals surface area contributed by atoms with Crippen LogP contribution >= 0.6 is 15.9 Å². The lowest BCUT2D eigenvalue weighted by Gasteiger charge is -2.44. The predicted molar refractivity (Wildman–Crippen MR) is 155 cm³/mol. The summed E-state index contributed by atoms with van der Waals surface area (Å²) in [6.45, 7) is 12.7. The fourth-order valence-corrected chi connectivity index (χ4v) is 9.68. The van der Waals surface area contributed by atoms with Gasteiger partial charge in [0.2, 0.25) is 0 Å². The van der Waals surface area contributed by atoms with Crippen molar-refractivity contribution in [3.05, 3.63) is 96.6 Å². The standard InChI is InChI=1S/C30H38BrNO3Si/c1-29(2,3)35-28(33)32-26(27(31)23-16-10-7-11-17-23)22-34-36(30(4,5)6,24-18-12-8-13-19-24)25-20-14-9-15-21-25/h7-21,26-27H,22H2,1-6H3,(H,32,33)/t26-,27+/m1/s1. The van der Waals surface area contributed by atoms with Crippen LogP contribution in [0.15, 0.2) is 91.0 Å². The summed E-state index contributed by atoms with van der Waals surface area (Å²) in [5, 5.41) is 5.32. The Morgan fingerprint density at radius 1 is 0.806 bits per heavy atom. The molecule has 0 saturated carbocycles. The van der Waals surface area contributed by atoms with Gasteiger partial charge in [0.05, 0.1) is 17.5 Å². The molecule has 3 rings (SSSR count). The third-order valence-corrected chi connectivity index (χ3v) is 12.2. The van der Waals surface area contributed by atoms with E-state index < -0.39 is 20.0 Å². The van der Waals surface area contributed by atoms with Gasteiger partial charge >= 0.3 is 6.09 Å². The summed E-state index contributed by atoms with van der Waals surface area (Å²) in [6, 6.07) is 30.8. The van der Waals surface area contributed by atoms with Gasteiger partial charge in [-0.2, -0.15) is 0 Å². The molecule has 0 aliphatic heterocycles. The molecule has 0 unspecified atom stereocenters. The van der Waals surface area contributed by atoms with E-state index in [1.54, 1.807) is 0 Å². The van der Waals surface area contributed by atoms with Crippen molar-refractivity contribution in [2.75, 3.05) is 6.61 Å². The molecule has 0 fully saturated rings. The summed E-state index contributed by atoms with van der Waals surface area (Å²) in [5.41, 5.74) is 0.465. The van der Waals surface area contributed by atoms with E-state index in [9.17, 15) is 4.79 Å². The second-order valence-corrected chi connectivity index (χ2v) is 16.3. The van der Waals surface area contributed by atoms with E-state index >= 15 is 0 Å². The molecule has 1 amide bonds. The molecule has 0 bridgehead atoms. The Hall–Kier alpha value is -2.41. The maximum atomic E-state index is 12.9. The SMILES string of the molecule is CC(C)(C)OC(=O)N[C@H](CO[Si](c1ccccc1)(c1ccccc1)C(C)(C)C)[C@@H](Br)c1ccccc1. The van der Waals surface area contributed by atoms with Crippen LogP contribution in [-0.4, -0.2) is 32.7 Å². The Morgan fingerprint density at radius 3 is 1.67 bits per heavy atom. The highest BCUT2D eigenvalue weighted by atomic mass is 79.9. The van der Waals surface area contributed by atoms with Gasteiger partial charge in [0.15, 0.2) is 0 Å². The van der Waals surface area contributed by atoms with Gasteiger partial charge in [0, 0.05) is 0 Å². The molecule has 1 N–H and O–H groups in total. The van der Waals surface area contributed by atoms with Crippen LogP contribution in [0, 0.1) is 0 Å². The Balaban J connectivity index is 2.03. The third kappa shape index (κ3) is 6.87. The summed E-state index contributed by atoms with van der Waals surface area (Å²) >= 11 is 3.86. The molecule has 0 radical (unpaired) electrons.